The molecule has 0 bridgehead atoms. The highest BCUT2D eigenvalue weighted by atomic mass is 31.2. The van der Waals surface area contributed by atoms with Gasteiger partial charge in [-0.2, -0.15) is 0 Å². The van der Waals surface area contributed by atoms with Gasteiger partial charge in [-0.05, 0) is 57.8 Å². The molecule has 0 fully saturated rings. The van der Waals surface area contributed by atoms with Crippen molar-refractivity contribution in [1.29, 1.82) is 0 Å². The third-order valence-electron chi connectivity index (χ3n) is 9.66. The molecular weight excluding hydrogens is 590 g/mol. The second kappa shape index (κ2) is 40.8. The molecule has 274 valence electrons. The molecule has 0 aromatic rings. The minimum absolute atomic E-state index is 0.368. The van der Waals surface area contributed by atoms with Gasteiger partial charge in [0.15, 0.2) is 0 Å². The van der Waals surface area contributed by atoms with Gasteiger partial charge in [0, 0.05) is 7.26 Å². The Labute approximate surface area is 287 Å². The molecule has 0 rings (SSSR count). The fraction of sp³-hybridized carbons (Fsp3) is 1.00. The number of rotatable bonds is 36. The van der Waals surface area contributed by atoms with Gasteiger partial charge in [0.05, 0.1) is 31.3 Å². The Balaban J connectivity index is 0. The van der Waals surface area contributed by atoms with Crippen LogP contribution < -0.4 is 4.89 Å². The van der Waals surface area contributed by atoms with E-state index in [1.54, 1.807) is 50.3 Å². The lowest BCUT2D eigenvalue weighted by Gasteiger charge is -2.28. The monoisotopic (exact) mass is 677 g/mol. The standard InChI is InChI=1S/C32H68P.C8H19O3P/c1-5-9-13-17-18-19-20-21-22-23-24-28-32-33(29-25-14-10-6-2,30-26-15-11-7-3)31-27-16-12-8-4;1-2-3-4-5-6-7-8-11-12(9)10/h5-32H2,1-4H3;12H,2-8H2,1H3,(H,9,10)/q+1;/p-1. The van der Waals surface area contributed by atoms with Crippen LogP contribution in [0.5, 0.6) is 0 Å². The fourth-order valence-electron chi connectivity index (χ4n) is 6.62. The third-order valence-corrected chi connectivity index (χ3v) is 15.2. The Morgan fingerprint density at radius 1 is 0.378 bits per heavy atom. The lowest BCUT2D eigenvalue weighted by Crippen LogP contribution is -2.13. The van der Waals surface area contributed by atoms with E-state index in [9.17, 15) is 9.46 Å². The van der Waals surface area contributed by atoms with Crippen molar-refractivity contribution in [3.05, 3.63) is 0 Å². The van der Waals surface area contributed by atoms with Gasteiger partial charge in [-0.3, -0.25) is 0 Å². The number of unbranched alkanes of at least 4 members (excludes halogenated alkanes) is 25. The van der Waals surface area contributed by atoms with Crippen LogP contribution in [0.25, 0.3) is 0 Å². The Morgan fingerprint density at radius 2 is 0.600 bits per heavy atom. The van der Waals surface area contributed by atoms with Crippen LogP contribution in [-0.4, -0.2) is 31.3 Å². The molecule has 0 saturated heterocycles. The van der Waals surface area contributed by atoms with E-state index in [1.165, 1.54) is 154 Å². The van der Waals surface area contributed by atoms with Gasteiger partial charge in [-0.1, -0.05) is 169 Å². The van der Waals surface area contributed by atoms with Crippen molar-refractivity contribution in [1.82, 2.24) is 0 Å². The topological polar surface area (TPSA) is 49.4 Å². The Morgan fingerprint density at radius 3 is 0.867 bits per heavy atom. The normalized spacial score (nSPS) is 12.3. The second-order valence-corrected chi connectivity index (χ2v) is 19.4. The van der Waals surface area contributed by atoms with E-state index >= 15 is 0 Å². The molecule has 0 aromatic carbocycles. The highest BCUT2D eigenvalue weighted by molar-refractivity contribution is 7.75. The molecule has 3 nitrogen and oxygen atoms in total. The number of hydrogen-bond acceptors (Lipinski definition) is 3. The summed E-state index contributed by atoms with van der Waals surface area (Å²) in [6.45, 7) is 12.0. The zero-order chi connectivity index (χ0) is 33.5. The van der Waals surface area contributed by atoms with Crippen molar-refractivity contribution in [2.45, 2.75) is 227 Å². The van der Waals surface area contributed by atoms with Crippen molar-refractivity contribution < 1.29 is 14.0 Å². The highest BCUT2D eigenvalue weighted by Crippen LogP contribution is 2.61. The predicted octanol–water partition coefficient (Wildman–Crippen LogP) is 14.6. The summed E-state index contributed by atoms with van der Waals surface area (Å²) in [6, 6.07) is 0. The van der Waals surface area contributed by atoms with Crippen LogP contribution >= 0.6 is 15.5 Å². The largest absolute Gasteiger partial charge is 0.781 e. The molecule has 0 aliphatic heterocycles. The summed E-state index contributed by atoms with van der Waals surface area (Å²) in [4.78, 5) is 9.99. The summed E-state index contributed by atoms with van der Waals surface area (Å²) in [5.41, 5.74) is 0. The maximum Gasteiger partial charge on any atom is 0.122 e. The molecule has 0 radical (unpaired) electrons. The smallest absolute Gasteiger partial charge is 0.122 e. The Kier molecular flexibility index (Phi) is 43.2. The molecule has 1 atom stereocenters. The minimum Gasteiger partial charge on any atom is -0.781 e. The molecular formula is C40H86O3P2. The van der Waals surface area contributed by atoms with E-state index in [2.05, 4.69) is 39.1 Å². The quantitative estimate of drug-likeness (QED) is 0.0490. The summed E-state index contributed by atoms with van der Waals surface area (Å²) in [6.07, 6.45) is 49.0. The summed E-state index contributed by atoms with van der Waals surface area (Å²) in [7, 11) is -3.63. The fourth-order valence-corrected chi connectivity index (χ4v) is 11.8. The minimum atomic E-state index is -2.93. The van der Waals surface area contributed by atoms with E-state index in [0.717, 1.165) is 12.8 Å². The average molecular weight is 677 g/mol. The zero-order valence-electron chi connectivity index (χ0n) is 31.9. The van der Waals surface area contributed by atoms with Crippen molar-refractivity contribution in [3.63, 3.8) is 0 Å². The Bertz CT molecular complexity index is 526. The molecule has 1 unspecified atom stereocenters. The molecule has 5 heteroatoms. The van der Waals surface area contributed by atoms with Gasteiger partial charge in [0.25, 0.3) is 0 Å². The van der Waals surface area contributed by atoms with Crippen LogP contribution in [0.2, 0.25) is 0 Å². The van der Waals surface area contributed by atoms with E-state index in [-0.39, 0.29) is 0 Å². The molecule has 0 aliphatic rings. The van der Waals surface area contributed by atoms with Gasteiger partial charge in [0.2, 0.25) is 0 Å². The highest BCUT2D eigenvalue weighted by Gasteiger charge is 2.34. The first kappa shape index (κ1) is 47.7. The average Bonchev–Trinajstić information content (AvgIpc) is 3.03. The van der Waals surface area contributed by atoms with Crippen molar-refractivity contribution >= 4 is 15.5 Å². The van der Waals surface area contributed by atoms with E-state index in [4.69, 9.17) is 0 Å². The van der Waals surface area contributed by atoms with Crippen molar-refractivity contribution in [2.24, 2.45) is 0 Å². The zero-order valence-corrected chi connectivity index (χ0v) is 33.8. The predicted molar refractivity (Wildman–Crippen MR) is 208 cm³/mol. The van der Waals surface area contributed by atoms with Crippen LogP contribution in [0.4, 0.5) is 0 Å². The summed E-state index contributed by atoms with van der Waals surface area (Å²) >= 11 is 0. The van der Waals surface area contributed by atoms with Gasteiger partial charge in [-0.15, -0.1) is 0 Å². The molecule has 0 aliphatic carbocycles. The maximum atomic E-state index is 9.99. The van der Waals surface area contributed by atoms with E-state index < -0.39 is 15.5 Å². The third kappa shape index (κ3) is 38.9. The molecule has 0 N–H and O–H groups in total. The maximum absolute atomic E-state index is 9.99. The molecule has 0 saturated carbocycles. The summed E-state index contributed by atoms with van der Waals surface area (Å²) in [5.74, 6) is 0. The SMILES string of the molecule is CCCCCCCCCCCCCC[P+](CCCCCC)(CCCCCC)CCCCCC.CCCCCCCCO[PH](=O)[O-]. The van der Waals surface area contributed by atoms with Gasteiger partial charge < -0.3 is 14.0 Å². The summed E-state index contributed by atoms with van der Waals surface area (Å²) in [5, 5.41) is 0. The van der Waals surface area contributed by atoms with Gasteiger partial charge >= 0.3 is 0 Å². The van der Waals surface area contributed by atoms with Crippen molar-refractivity contribution in [3.8, 4) is 0 Å². The molecule has 0 heterocycles. The van der Waals surface area contributed by atoms with Crippen LogP contribution in [0.15, 0.2) is 0 Å². The van der Waals surface area contributed by atoms with Crippen molar-refractivity contribution in [2.75, 3.05) is 31.3 Å². The first-order valence-electron chi connectivity index (χ1n) is 20.7. The number of hydrogen-bond donors (Lipinski definition) is 0. The molecule has 0 amide bonds. The molecule has 0 aromatic heterocycles. The van der Waals surface area contributed by atoms with E-state index in [1.807, 2.05) is 0 Å². The van der Waals surface area contributed by atoms with E-state index in [0.29, 0.717) is 6.61 Å². The Hall–Kier alpha value is 0.580. The lowest BCUT2D eigenvalue weighted by atomic mass is 10.1. The first-order valence-corrected chi connectivity index (χ1v) is 24.5. The van der Waals surface area contributed by atoms with Crippen LogP contribution in [-0.2, 0) is 9.09 Å². The molecule has 0 spiro atoms. The van der Waals surface area contributed by atoms with Crippen LogP contribution in [0.3, 0.4) is 0 Å². The van der Waals surface area contributed by atoms with Crippen LogP contribution in [0, 0.1) is 0 Å². The van der Waals surface area contributed by atoms with Crippen LogP contribution in [0.1, 0.15) is 227 Å². The molecule has 45 heavy (non-hydrogen) atoms. The summed E-state index contributed by atoms with van der Waals surface area (Å²) < 4.78 is 14.4. The lowest BCUT2D eigenvalue weighted by molar-refractivity contribution is -0.185. The van der Waals surface area contributed by atoms with Gasteiger partial charge in [-0.25, -0.2) is 0 Å². The van der Waals surface area contributed by atoms with Gasteiger partial charge in [0.1, 0.15) is 8.25 Å². The first-order chi connectivity index (χ1) is 22.0. The second-order valence-electron chi connectivity index (χ2n) is 14.2.